The second-order valence-corrected chi connectivity index (χ2v) is 8.50. The number of aryl methyl sites for hydroxylation is 1. The summed E-state index contributed by atoms with van der Waals surface area (Å²) in [5, 5.41) is 2.27. The van der Waals surface area contributed by atoms with E-state index in [9.17, 15) is 18.8 Å². The molecule has 0 radical (unpaired) electrons. The van der Waals surface area contributed by atoms with Crippen LogP contribution < -0.4 is 10.2 Å². The van der Waals surface area contributed by atoms with Gasteiger partial charge in [-0.15, -0.1) is 0 Å². The Morgan fingerprint density at radius 2 is 1.59 bits per heavy atom. The van der Waals surface area contributed by atoms with E-state index in [0.717, 1.165) is 34.0 Å². The van der Waals surface area contributed by atoms with Gasteiger partial charge in [0.25, 0.3) is 11.8 Å². The van der Waals surface area contributed by atoms with Crippen LogP contribution in [0.4, 0.5) is 14.9 Å². The van der Waals surface area contributed by atoms with Gasteiger partial charge in [0, 0.05) is 17.1 Å². The smallest absolute Gasteiger partial charge is 0.318 e. The summed E-state index contributed by atoms with van der Waals surface area (Å²) < 4.78 is 15.3. The molecule has 3 aromatic rings. The number of aromatic nitrogens is 1. The van der Waals surface area contributed by atoms with Crippen molar-refractivity contribution in [2.75, 3.05) is 4.90 Å². The molecule has 34 heavy (non-hydrogen) atoms. The van der Waals surface area contributed by atoms with Gasteiger partial charge in [0.2, 0.25) is 0 Å². The van der Waals surface area contributed by atoms with Crippen LogP contribution in [-0.4, -0.2) is 22.4 Å². The number of nitrogens with zero attached hydrogens (tertiary/aromatic N) is 2. The van der Waals surface area contributed by atoms with Crippen molar-refractivity contribution in [2.24, 2.45) is 0 Å². The van der Waals surface area contributed by atoms with Gasteiger partial charge >= 0.3 is 6.03 Å². The topological polar surface area (TPSA) is 71.4 Å². The van der Waals surface area contributed by atoms with Crippen molar-refractivity contribution >= 4 is 29.6 Å². The molecule has 1 atom stereocenters. The molecule has 7 heteroatoms. The van der Waals surface area contributed by atoms with Crippen molar-refractivity contribution in [2.45, 2.75) is 40.0 Å². The fourth-order valence-electron chi connectivity index (χ4n) is 4.16. The maximum atomic E-state index is 13.4. The maximum absolute atomic E-state index is 13.4. The first-order valence-electron chi connectivity index (χ1n) is 11.2. The van der Waals surface area contributed by atoms with Crippen LogP contribution in [0, 0.1) is 19.7 Å². The van der Waals surface area contributed by atoms with E-state index in [0.29, 0.717) is 17.2 Å². The van der Waals surface area contributed by atoms with E-state index in [1.54, 1.807) is 24.3 Å². The molecule has 174 valence electrons. The molecule has 0 saturated carbocycles. The monoisotopic (exact) mass is 459 g/mol. The van der Waals surface area contributed by atoms with Crippen molar-refractivity contribution in [1.29, 1.82) is 0 Å². The number of rotatable bonds is 5. The van der Waals surface area contributed by atoms with Gasteiger partial charge in [0.1, 0.15) is 11.4 Å². The van der Waals surface area contributed by atoms with Crippen LogP contribution in [-0.2, 0) is 9.59 Å². The first-order chi connectivity index (χ1) is 16.2. The molecular weight excluding hydrogens is 433 g/mol. The van der Waals surface area contributed by atoms with Crippen molar-refractivity contribution < 1.29 is 18.8 Å². The number of hydrogen-bond donors (Lipinski definition) is 1. The Balaban J connectivity index is 1.70. The highest BCUT2D eigenvalue weighted by atomic mass is 19.1. The average Bonchev–Trinajstić information content (AvgIpc) is 3.09. The lowest BCUT2D eigenvalue weighted by Gasteiger charge is -2.26. The maximum Gasteiger partial charge on any atom is 0.335 e. The number of barbiturate groups is 1. The van der Waals surface area contributed by atoms with E-state index in [2.05, 4.69) is 19.2 Å². The van der Waals surface area contributed by atoms with Gasteiger partial charge in [-0.25, -0.2) is 14.1 Å². The zero-order valence-corrected chi connectivity index (χ0v) is 19.6. The average molecular weight is 460 g/mol. The highest BCUT2D eigenvalue weighted by molar-refractivity contribution is 6.39. The summed E-state index contributed by atoms with van der Waals surface area (Å²) in [4.78, 5) is 39.4. The Hall–Kier alpha value is -4.00. The summed E-state index contributed by atoms with van der Waals surface area (Å²) in [6.45, 7) is 7.94. The highest BCUT2D eigenvalue weighted by Crippen LogP contribution is 2.27. The van der Waals surface area contributed by atoms with Crippen LogP contribution in [0.15, 0.2) is 60.2 Å². The summed E-state index contributed by atoms with van der Waals surface area (Å²) in [5.74, 6) is -1.40. The molecule has 4 rings (SSSR count). The van der Waals surface area contributed by atoms with Crippen LogP contribution in [0.2, 0.25) is 0 Å². The SMILES string of the molecule is CC[C@H](C)c1ccc(N2C(=O)NC(=O)/C(=C/c3cc(C)n(-c4ccc(F)cc4)c3C)C2=O)cc1. The van der Waals surface area contributed by atoms with Crippen LogP contribution in [0.5, 0.6) is 0 Å². The largest absolute Gasteiger partial charge is 0.335 e. The van der Waals surface area contributed by atoms with E-state index < -0.39 is 17.8 Å². The third kappa shape index (κ3) is 4.17. The zero-order chi connectivity index (χ0) is 24.6. The summed E-state index contributed by atoms with van der Waals surface area (Å²) in [5.41, 5.74) is 4.41. The van der Waals surface area contributed by atoms with E-state index in [-0.39, 0.29) is 11.4 Å². The van der Waals surface area contributed by atoms with Crippen molar-refractivity contribution in [3.8, 4) is 5.69 Å². The summed E-state index contributed by atoms with van der Waals surface area (Å²) in [6.07, 6.45) is 2.47. The first kappa shape index (κ1) is 23.2. The standard InChI is InChI=1S/C27H26FN3O3/c1-5-16(2)19-6-10-23(11-7-19)31-26(33)24(25(32)29-27(31)34)15-20-14-17(3)30(18(20)4)22-12-8-21(28)9-13-22/h6-16H,5H2,1-4H3,(H,29,32,34)/b24-15-/t16-/m0/s1. The number of urea groups is 1. The Labute approximate surface area is 197 Å². The number of halogens is 1. The van der Waals surface area contributed by atoms with Gasteiger partial charge in [0.05, 0.1) is 5.69 Å². The van der Waals surface area contributed by atoms with Crippen molar-refractivity contribution in [3.05, 3.63) is 88.5 Å². The minimum absolute atomic E-state index is 0.134. The molecule has 0 spiro atoms. The number of amides is 4. The molecule has 2 aromatic carbocycles. The summed E-state index contributed by atoms with van der Waals surface area (Å²) in [6, 6.07) is 14.3. The Kier molecular flexibility index (Phi) is 6.20. The number of anilines is 1. The minimum Gasteiger partial charge on any atom is -0.318 e. The molecule has 0 bridgehead atoms. The second kappa shape index (κ2) is 9.09. The third-order valence-corrected chi connectivity index (χ3v) is 6.29. The molecule has 1 saturated heterocycles. The van der Waals surface area contributed by atoms with E-state index in [1.165, 1.54) is 18.2 Å². The normalized spacial score (nSPS) is 16.2. The van der Waals surface area contributed by atoms with Gasteiger partial charge in [0.15, 0.2) is 0 Å². The molecule has 1 aliphatic rings. The van der Waals surface area contributed by atoms with Gasteiger partial charge in [-0.3, -0.25) is 14.9 Å². The predicted octanol–water partition coefficient (Wildman–Crippen LogP) is 5.41. The molecule has 0 aliphatic carbocycles. The molecule has 2 heterocycles. The number of benzene rings is 2. The molecule has 6 nitrogen and oxygen atoms in total. The Bertz CT molecular complexity index is 1300. The number of carbonyl (C=O) groups is 3. The van der Waals surface area contributed by atoms with E-state index in [1.807, 2.05) is 36.6 Å². The van der Waals surface area contributed by atoms with Gasteiger partial charge in [-0.2, -0.15) is 0 Å². The lowest BCUT2D eigenvalue weighted by molar-refractivity contribution is -0.122. The molecule has 1 fully saturated rings. The molecule has 0 unspecified atom stereocenters. The summed E-state index contributed by atoms with van der Waals surface area (Å²) >= 11 is 0. The predicted molar refractivity (Wildman–Crippen MR) is 129 cm³/mol. The van der Waals surface area contributed by atoms with E-state index in [4.69, 9.17) is 0 Å². The lowest BCUT2D eigenvalue weighted by Crippen LogP contribution is -2.54. The number of nitrogens with one attached hydrogen (secondary N) is 1. The zero-order valence-electron chi connectivity index (χ0n) is 19.6. The number of carbonyl (C=O) groups excluding carboxylic acids is 3. The third-order valence-electron chi connectivity index (χ3n) is 6.29. The number of hydrogen-bond acceptors (Lipinski definition) is 3. The summed E-state index contributed by atoms with van der Waals surface area (Å²) in [7, 11) is 0. The van der Waals surface area contributed by atoms with Crippen molar-refractivity contribution in [1.82, 2.24) is 9.88 Å². The Morgan fingerprint density at radius 1 is 0.971 bits per heavy atom. The van der Waals surface area contributed by atoms with E-state index >= 15 is 0 Å². The minimum atomic E-state index is -0.778. The van der Waals surface area contributed by atoms with Gasteiger partial charge in [-0.1, -0.05) is 26.0 Å². The Morgan fingerprint density at radius 3 is 2.21 bits per heavy atom. The van der Waals surface area contributed by atoms with Gasteiger partial charge < -0.3 is 4.57 Å². The molecule has 4 amide bonds. The molecule has 1 aliphatic heterocycles. The first-order valence-corrected chi connectivity index (χ1v) is 11.2. The number of imide groups is 2. The van der Waals surface area contributed by atoms with Gasteiger partial charge in [-0.05, 0) is 85.9 Å². The van der Waals surface area contributed by atoms with Crippen LogP contribution >= 0.6 is 0 Å². The lowest BCUT2D eigenvalue weighted by atomic mass is 9.98. The molecule has 1 N–H and O–H groups in total. The van der Waals surface area contributed by atoms with Crippen molar-refractivity contribution in [3.63, 3.8) is 0 Å². The second-order valence-electron chi connectivity index (χ2n) is 8.50. The molecule has 1 aromatic heterocycles. The quantitative estimate of drug-likeness (QED) is 0.409. The fourth-order valence-corrected chi connectivity index (χ4v) is 4.16. The fraction of sp³-hybridized carbons (Fsp3) is 0.222. The van der Waals surface area contributed by atoms with Crippen LogP contribution in [0.3, 0.4) is 0 Å². The van der Waals surface area contributed by atoms with Crippen LogP contribution in [0.25, 0.3) is 11.8 Å². The van der Waals surface area contributed by atoms with Crippen LogP contribution in [0.1, 0.15) is 48.7 Å². The highest BCUT2D eigenvalue weighted by Gasteiger charge is 2.37. The molecular formula is C27H26FN3O3.